The van der Waals surface area contributed by atoms with Gasteiger partial charge in [0.25, 0.3) is 5.91 Å². The molecule has 164 valence electrons. The van der Waals surface area contributed by atoms with Crippen LogP contribution in [0.5, 0.6) is 0 Å². The van der Waals surface area contributed by atoms with E-state index in [0.29, 0.717) is 17.1 Å². The number of unbranched alkanes of at least 4 members (excludes halogenated alkanes) is 1. The molecule has 1 atom stereocenters. The Morgan fingerprint density at radius 3 is 2.97 bits per heavy atom. The third-order valence-corrected chi connectivity index (χ3v) is 6.91. The summed E-state index contributed by atoms with van der Waals surface area (Å²) < 4.78 is 8.08. The molecule has 1 fully saturated rings. The number of hydrogen-bond acceptors (Lipinski definition) is 4. The van der Waals surface area contributed by atoms with Crippen LogP contribution in [-0.4, -0.2) is 34.7 Å². The van der Waals surface area contributed by atoms with E-state index in [1.807, 2.05) is 42.6 Å². The van der Waals surface area contributed by atoms with Gasteiger partial charge in [0.05, 0.1) is 28.1 Å². The molecular weight excluding hydrogens is 430 g/mol. The van der Waals surface area contributed by atoms with Crippen molar-refractivity contribution in [3.05, 3.63) is 52.0 Å². The van der Waals surface area contributed by atoms with Crippen molar-refractivity contribution in [1.82, 2.24) is 14.9 Å². The van der Waals surface area contributed by atoms with Crippen LogP contribution < -0.4 is 5.32 Å². The maximum atomic E-state index is 12.9. The summed E-state index contributed by atoms with van der Waals surface area (Å²) >= 11 is 7.94. The average Bonchev–Trinajstić information content (AvgIpc) is 3.51. The third kappa shape index (κ3) is 4.86. The fourth-order valence-corrected chi connectivity index (χ4v) is 5.07. The van der Waals surface area contributed by atoms with E-state index in [4.69, 9.17) is 21.3 Å². The molecule has 0 bridgehead atoms. The molecule has 1 amide bonds. The highest BCUT2D eigenvalue weighted by atomic mass is 35.5. The molecule has 1 aliphatic rings. The average molecular weight is 458 g/mol. The minimum absolute atomic E-state index is 0.0279. The third-order valence-electron chi connectivity index (χ3n) is 5.71. The zero-order valence-electron chi connectivity index (χ0n) is 18.0. The highest BCUT2D eigenvalue weighted by Crippen LogP contribution is 2.35. The van der Waals surface area contributed by atoms with Crippen LogP contribution in [-0.2, 0) is 11.3 Å². The van der Waals surface area contributed by atoms with Crippen molar-refractivity contribution < 1.29 is 9.53 Å². The number of benzene rings is 1. The predicted octanol–water partition coefficient (Wildman–Crippen LogP) is 5.95. The van der Waals surface area contributed by atoms with Crippen LogP contribution in [0.25, 0.3) is 22.0 Å². The lowest BCUT2D eigenvalue weighted by Crippen LogP contribution is -2.25. The van der Waals surface area contributed by atoms with Gasteiger partial charge in [0.1, 0.15) is 5.01 Å². The van der Waals surface area contributed by atoms with Gasteiger partial charge < -0.3 is 14.6 Å². The maximum absolute atomic E-state index is 12.9. The number of nitrogens with zero attached hydrogens (tertiary/aromatic N) is 2. The Kier molecular flexibility index (Phi) is 7.10. The van der Waals surface area contributed by atoms with E-state index in [9.17, 15) is 4.79 Å². The number of carbonyl (C=O) groups is 1. The molecule has 3 aromatic rings. The molecule has 0 saturated carbocycles. The lowest BCUT2D eigenvalue weighted by Gasteiger charge is -2.15. The van der Waals surface area contributed by atoms with Crippen molar-refractivity contribution in [1.29, 1.82) is 0 Å². The number of amides is 1. The van der Waals surface area contributed by atoms with Crippen LogP contribution in [0.1, 0.15) is 48.7 Å². The molecule has 1 N–H and O–H groups in total. The zero-order chi connectivity index (χ0) is 21.8. The lowest BCUT2D eigenvalue weighted by molar-refractivity contribution is 0.0941. The van der Waals surface area contributed by atoms with Crippen molar-refractivity contribution >= 4 is 28.8 Å². The highest BCUT2D eigenvalue weighted by molar-refractivity contribution is 7.13. The largest absolute Gasteiger partial charge is 0.376 e. The van der Waals surface area contributed by atoms with Gasteiger partial charge in [0.2, 0.25) is 0 Å². The molecular formula is C24H28ClN3O2S. The Labute approximate surface area is 192 Å². The first-order valence-corrected chi connectivity index (χ1v) is 12.1. The number of halogens is 1. The Bertz CT molecular complexity index is 1050. The van der Waals surface area contributed by atoms with E-state index in [-0.39, 0.29) is 12.0 Å². The highest BCUT2D eigenvalue weighted by Gasteiger charge is 2.24. The second-order valence-corrected chi connectivity index (χ2v) is 9.17. The molecule has 3 heterocycles. The summed E-state index contributed by atoms with van der Waals surface area (Å²) in [7, 11) is 0. The smallest absolute Gasteiger partial charge is 0.253 e. The van der Waals surface area contributed by atoms with Gasteiger partial charge in [-0.1, -0.05) is 43.1 Å². The first-order valence-electron chi connectivity index (χ1n) is 10.9. The summed E-state index contributed by atoms with van der Waals surface area (Å²) in [6, 6.07) is 9.71. The van der Waals surface area contributed by atoms with E-state index in [2.05, 4.69) is 16.8 Å². The van der Waals surface area contributed by atoms with Crippen LogP contribution in [0.2, 0.25) is 5.02 Å². The molecule has 0 spiro atoms. The fourth-order valence-electron chi connectivity index (χ4n) is 3.94. The van der Waals surface area contributed by atoms with Gasteiger partial charge in [-0.15, -0.1) is 11.3 Å². The van der Waals surface area contributed by atoms with E-state index >= 15 is 0 Å². The van der Waals surface area contributed by atoms with Crippen molar-refractivity contribution in [2.24, 2.45) is 0 Å². The van der Waals surface area contributed by atoms with Crippen molar-refractivity contribution in [3.8, 4) is 22.0 Å². The van der Waals surface area contributed by atoms with E-state index in [0.717, 1.165) is 66.5 Å². The van der Waals surface area contributed by atoms with Gasteiger partial charge in [-0.3, -0.25) is 4.79 Å². The number of ether oxygens (including phenoxy) is 1. The Morgan fingerprint density at radius 2 is 2.23 bits per heavy atom. The summed E-state index contributed by atoms with van der Waals surface area (Å²) in [5, 5.41) is 6.64. The SMILES string of the molecule is CCCCNC(=O)c1cc(-c2csc(-c3ccccc3Cl)n2)n(CC2CCCO2)c1C. The topological polar surface area (TPSA) is 56.2 Å². The minimum Gasteiger partial charge on any atom is -0.376 e. The molecule has 0 aliphatic carbocycles. The fraction of sp³-hybridized carbons (Fsp3) is 0.417. The number of nitrogens with one attached hydrogen (secondary N) is 1. The zero-order valence-corrected chi connectivity index (χ0v) is 19.6. The first-order chi connectivity index (χ1) is 15.1. The Hall–Kier alpha value is -2.15. The normalized spacial score (nSPS) is 16.0. The lowest BCUT2D eigenvalue weighted by atomic mass is 10.2. The summed E-state index contributed by atoms with van der Waals surface area (Å²) in [6.07, 6.45) is 4.31. The van der Waals surface area contributed by atoms with Gasteiger partial charge in [-0.25, -0.2) is 4.98 Å². The van der Waals surface area contributed by atoms with E-state index < -0.39 is 0 Å². The molecule has 1 saturated heterocycles. The number of hydrogen-bond donors (Lipinski definition) is 1. The Morgan fingerprint density at radius 1 is 1.39 bits per heavy atom. The summed E-state index contributed by atoms with van der Waals surface area (Å²) in [4.78, 5) is 17.7. The van der Waals surface area contributed by atoms with Gasteiger partial charge in [-0.2, -0.15) is 0 Å². The van der Waals surface area contributed by atoms with Crippen LogP contribution in [0.3, 0.4) is 0 Å². The quantitative estimate of drug-likeness (QED) is 0.425. The van der Waals surface area contributed by atoms with Gasteiger partial charge in [0, 0.05) is 36.3 Å². The predicted molar refractivity (Wildman–Crippen MR) is 127 cm³/mol. The molecule has 7 heteroatoms. The first kappa shape index (κ1) is 22.1. The second kappa shape index (κ2) is 9.98. The molecule has 5 nitrogen and oxygen atoms in total. The van der Waals surface area contributed by atoms with Crippen LogP contribution >= 0.6 is 22.9 Å². The molecule has 0 radical (unpaired) electrons. The van der Waals surface area contributed by atoms with Gasteiger partial charge in [-0.05, 0) is 38.3 Å². The Balaban J connectivity index is 1.69. The van der Waals surface area contributed by atoms with Gasteiger partial charge in [0.15, 0.2) is 0 Å². The number of rotatable bonds is 8. The van der Waals surface area contributed by atoms with Crippen molar-refractivity contribution in [2.75, 3.05) is 13.2 Å². The number of aromatic nitrogens is 2. The molecule has 1 unspecified atom stereocenters. The van der Waals surface area contributed by atoms with E-state index in [1.165, 1.54) is 0 Å². The standard InChI is InChI=1S/C24H28ClN3O2S/c1-3-4-11-26-23(29)19-13-22(28(16(19)2)14-17-8-7-12-30-17)21-15-31-24(27-21)18-9-5-6-10-20(18)25/h5-6,9-10,13,15,17H,3-4,7-8,11-12,14H2,1-2H3,(H,26,29). The summed E-state index contributed by atoms with van der Waals surface area (Å²) in [5.41, 5.74) is 4.38. The molecule has 4 rings (SSSR count). The molecule has 2 aromatic heterocycles. The van der Waals surface area contributed by atoms with Gasteiger partial charge >= 0.3 is 0 Å². The van der Waals surface area contributed by atoms with Crippen LogP contribution in [0.4, 0.5) is 0 Å². The second-order valence-electron chi connectivity index (χ2n) is 7.90. The molecule has 31 heavy (non-hydrogen) atoms. The summed E-state index contributed by atoms with van der Waals surface area (Å²) in [6.45, 7) is 6.34. The number of carbonyl (C=O) groups excluding carboxylic acids is 1. The van der Waals surface area contributed by atoms with Crippen LogP contribution in [0, 0.1) is 6.92 Å². The van der Waals surface area contributed by atoms with Crippen molar-refractivity contribution in [2.45, 2.75) is 52.2 Å². The van der Waals surface area contributed by atoms with Crippen molar-refractivity contribution in [3.63, 3.8) is 0 Å². The van der Waals surface area contributed by atoms with Crippen LogP contribution in [0.15, 0.2) is 35.7 Å². The maximum Gasteiger partial charge on any atom is 0.253 e. The summed E-state index contributed by atoms with van der Waals surface area (Å²) in [5.74, 6) is -0.0279. The molecule has 1 aromatic carbocycles. The molecule has 1 aliphatic heterocycles. The van der Waals surface area contributed by atoms with E-state index in [1.54, 1.807) is 11.3 Å². The monoisotopic (exact) mass is 457 g/mol. The minimum atomic E-state index is -0.0279. The number of thiazole rings is 1.